The summed E-state index contributed by atoms with van der Waals surface area (Å²) < 4.78 is 12.0. The third-order valence-electron chi connectivity index (χ3n) is 6.00. The zero-order valence-electron chi connectivity index (χ0n) is 18.4. The summed E-state index contributed by atoms with van der Waals surface area (Å²) in [6, 6.07) is 4.97. The Hall–Kier alpha value is -2.61. The number of anilines is 1. The molecular weight excluding hydrogens is 412 g/mol. The zero-order chi connectivity index (χ0) is 21.8. The monoisotopic (exact) mass is 440 g/mol. The van der Waals surface area contributed by atoms with Gasteiger partial charge in [0, 0.05) is 24.7 Å². The number of piperidine rings is 1. The number of aryl methyl sites for hydroxylation is 1. The minimum absolute atomic E-state index is 0.108. The van der Waals surface area contributed by atoms with Gasteiger partial charge in [0.2, 0.25) is 0 Å². The van der Waals surface area contributed by atoms with E-state index in [0.717, 1.165) is 46.5 Å². The average Bonchev–Trinajstić information content (AvgIpc) is 3.36. The van der Waals surface area contributed by atoms with Crippen molar-refractivity contribution < 1.29 is 13.9 Å². The SMILES string of the molecule is Cc1ccc(-c2nccs2)c2oc(N3CC4CCCC(C3)N4C(=O)OC(C)(C)C)nc12. The molecule has 8 heteroatoms. The summed E-state index contributed by atoms with van der Waals surface area (Å²) in [7, 11) is 0. The maximum absolute atomic E-state index is 12.9. The smallest absolute Gasteiger partial charge is 0.410 e. The third kappa shape index (κ3) is 3.78. The number of piperazine rings is 1. The Labute approximate surface area is 186 Å². The van der Waals surface area contributed by atoms with Crippen molar-refractivity contribution in [3.05, 3.63) is 29.3 Å². The zero-order valence-corrected chi connectivity index (χ0v) is 19.2. The van der Waals surface area contributed by atoms with Crippen molar-refractivity contribution in [2.75, 3.05) is 18.0 Å². The first kappa shape index (κ1) is 20.3. The van der Waals surface area contributed by atoms with Crippen LogP contribution in [0.15, 0.2) is 28.1 Å². The van der Waals surface area contributed by atoms with Crippen molar-refractivity contribution in [1.82, 2.24) is 14.9 Å². The molecule has 1 aromatic carbocycles. The first-order chi connectivity index (χ1) is 14.8. The quantitative estimate of drug-likeness (QED) is 0.543. The van der Waals surface area contributed by atoms with E-state index in [9.17, 15) is 4.79 Å². The average molecular weight is 441 g/mol. The number of fused-ring (bicyclic) bond motifs is 3. The van der Waals surface area contributed by atoms with Crippen LogP contribution < -0.4 is 4.90 Å². The highest BCUT2D eigenvalue weighted by Gasteiger charge is 2.43. The Morgan fingerprint density at radius 2 is 1.97 bits per heavy atom. The molecule has 3 aromatic rings. The van der Waals surface area contributed by atoms with E-state index in [0.29, 0.717) is 19.1 Å². The molecule has 0 N–H and O–H groups in total. The van der Waals surface area contributed by atoms with E-state index in [1.165, 1.54) is 0 Å². The molecular formula is C23H28N4O3S. The van der Waals surface area contributed by atoms with Crippen LogP contribution in [0.2, 0.25) is 0 Å². The first-order valence-electron chi connectivity index (χ1n) is 10.9. The molecule has 5 rings (SSSR count). The highest BCUT2D eigenvalue weighted by Crippen LogP contribution is 2.37. The van der Waals surface area contributed by atoms with Gasteiger partial charge in [0.05, 0.1) is 17.6 Å². The number of hydrogen-bond acceptors (Lipinski definition) is 7. The largest absolute Gasteiger partial charge is 0.444 e. The summed E-state index contributed by atoms with van der Waals surface area (Å²) in [6.07, 6.45) is 4.66. The minimum Gasteiger partial charge on any atom is -0.444 e. The van der Waals surface area contributed by atoms with Crippen molar-refractivity contribution in [2.45, 2.75) is 64.6 Å². The Bertz CT molecular complexity index is 1090. The van der Waals surface area contributed by atoms with Crippen molar-refractivity contribution in [3.8, 4) is 10.6 Å². The van der Waals surface area contributed by atoms with Gasteiger partial charge in [0.1, 0.15) is 16.1 Å². The highest BCUT2D eigenvalue weighted by atomic mass is 32.1. The Balaban J connectivity index is 1.45. The Morgan fingerprint density at radius 1 is 1.23 bits per heavy atom. The summed E-state index contributed by atoms with van der Waals surface area (Å²) in [5, 5.41) is 2.90. The van der Waals surface area contributed by atoms with E-state index in [4.69, 9.17) is 14.1 Å². The molecule has 2 fully saturated rings. The number of hydrogen-bond donors (Lipinski definition) is 0. The van der Waals surface area contributed by atoms with Gasteiger partial charge in [-0.1, -0.05) is 6.07 Å². The van der Waals surface area contributed by atoms with Crippen LogP contribution in [0.1, 0.15) is 45.6 Å². The van der Waals surface area contributed by atoms with Crippen LogP contribution in [0.5, 0.6) is 0 Å². The van der Waals surface area contributed by atoms with Crippen LogP contribution in [-0.4, -0.2) is 51.7 Å². The first-order valence-corrected chi connectivity index (χ1v) is 11.7. The van der Waals surface area contributed by atoms with Gasteiger partial charge >= 0.3 is 6.09 Å². The van der Waals surface area contributed by atoms with E-state index in [1.807, 2.05) is 31.1 Å². The summed E-state index contributed by atoms with van der Waals surface area (Å²) in [5.74, 6) is 0. The second-order valence-electron chi connectivity index (χ2n) is 9.47. The molecule has 2 aliphatic heterocycles. The van der Waals surface area contributed by atoms with Gasteiger partial charge in [-0.3, -0.25) is 4.90 Å². The molecule has 31 heavy (non-hydrogen) atoms. The summed E-state index contributed by atoms with van der Waals surface area (Å²) >= 11 is 1.59. The van der Waals surface area contributed by atoms with Crippen molar-refractivity contribution in [2.24, 2.45) is 0 Å². The lowest BCUT2D eigenvalue weighted by Crippen LogP contribution is -2.63. The van der Waals surface area contributed by atoms with Gasteiger partial charge in [-0.05, 0) is 58.6 Å². The standard InChI is InChI=1S/C23H28N4O3S/c1-14-8-9-17(20-24-10-11-31-20)19-18(14)25-21(29-19)26-12-15-6-5-7-16(13-26)27(15)22(28)30-23(2,3)4/h8-11,15-16H,5-7,12-13H2,1-4H3. The lowest BCUT2D eigenvalue weighted by atomic mass is 9.92. The molecule has 0 spiro atoms. The van der Waals surface area contributed by atoms with Crippen molar-refractivity contribution in [1.29, 1.82) is 0 Å². The Morgan fingerprint density at radius 3 is 2.61 bits per heavy atom. The van der Waals surface area contributed by atoms with Crippen LogP contribution in [0.3, 0.4) is 0 Å². The number of benzene rings is 1. The van der Waals surface area contributed by atoms with Gasteiger partial charge < -0.3 is 14.1 Å². The van der Waals surface area contributed by atoms with E-state index >= 15 is 0 Å². The third-order valence-corrected chi connectivity index (χ3v) is 6.80. The molecule has 2 bridgehead atoms. The summed E-state index contributed by atoms with van der Waals surface area (Å²) in [4.78, 5) is 26.3. The van der Waals surface area contributed by atoms with Crippen LogP contribution in [0.25, 0.3) is 21.7 Å². The molecule has 4 heterocycles. The highest BCUT2D eigenvalue weighted by molar-refractivity contribution is 7.13. The second-order valence-corrected chi connectivity index (χ2v) is 10.4. The fourth-order valence-corrected chi connectivity index (χ4v) is 5.32. The van der Waals surface area contributed by atoms with Gasteiger partial charge in [-0.25, -0.2) is 9.78 Å². The molecule has 2 unspecified atom stereocenters. The van der Waals surface area contributed by atoms with Gasteiger partial charge in [-0.2, -0.15) is 4.98 Å². The molecule has 2 aliphatic rings. The van der Waals surface area contributed by atoms with Crippen molar-refractivity contribution >= 4 is 34.5 Å². The van der Waals surface area contributed by atoms with E-state index in [2.05, 4.69) is 28.9 Å². The van der Waals surface area contributed by atoms with E-state index in [1.54, 1.807) is 17.5 Å². The fourth-order valence-electron chi connectivity index (χ4n) is 4.66. The number of amides is 1. The topological polar surface area (TPSA) is 71.7 Å². The summed E-state index contributed by atoms with van der Waals surface area (Å²) in [6.45, 7) is 9.20. The van der Waals surface area contributed by atoms with Crippen LogP contribution in [0, 0.1) is 6.92 Å². The minimum atomic E-state index is -0.493. The summed E-state index contributed by atoms with van der Waals surface area (Å²) in [5.41, 5.74) is 3.22. The number of ether oxygens (including phenoxy) is 1. The number of oxazole rings is 1. The Kier molecular flexibility index (Phi) is 4.92. The maximum Gasteiger partial charge on any atom is 0.410 e. The molecule has 2 atom stereocenters. The predicted octanol–water partition coefficient (Wildman–Crippen LogP) is 5.24. The number of nitrogens with zero attached hydrogens (tertiary/aromatic N) is 4. The lowest BCUT2D eigenvalue weighted by Gasteiger charge is -2.49. The number of carbonyl (C=O) groups is 1. The molecule has 7 nitrogen and oxygen atoms in total. The molecule has 0 aliphatic carbocycles. The molecule has 2 aromatic heterocycles. The van der Waals surface area contributed by atoms with Gasteiger partial charge in [0.15, 0.2) is 5.58 Å². The number of rotatable bonds is 2. The molecule has 0 radical (unpaired) electrons. The molecule has 1 amide bonds. The van der Waals surface area contributed by atoms with Crippen LogP contribution in [0.4, 0.5) is 10.8 Å². The molecule has 0 saturated carbocycles. The fraction of sp³-hybridized carbons (Fsp3) is 0.522. The van der Waals surface area contributed by atoms with Crippen molar-refractivity contribution in [3.63, 3.8) is 0 Å². The lowest BCUT2D eigenvalue weighted by molar-refractivity contribution is -0.0102. The molecule has 2 saturated heterocycles. The number of carbonyl (C=O) groups excluding carboxylic acids is 1. The van der Waals surface area contributed by atoms with Gasteiger partial charge in [-0.15, -0.1) is 11.3 Å². The van der Waals surface area contributed by atoms with Gasteiger partial charge in [0.25, 0.3) is 6.01 Å². The second kappa shape index (κ2) is 7.51. The maximum atomic E-state index is 12.9. The number of thiazole rings is 1. The number of aromatic nitrogens is 2. The normalized spacial score (nSPS) is 21.5. The van der Waals surface area contributed by atoms with Crippen LogP contribution in [-0.2, 0) is 4.74 Å². The molecule has 164 valence electrons. The van der Waals surface area contributed by atoms with Crippen LogP contribution >= 0.6 is 11.3 Å². The predicted molar refractivity (Wildman–Crippen MR) is 122 cm³/mol. The van der Waals surface area contributed by atoms with E-state index < -0.39 is 5.60 Å². The van der Waals surface area contributed by atoms with E-state index in [-0.39, 0.29) is 18.2 Å².